The Morgan fingerprint density at radius 3 is 2.38 bits per heavy atom. The number of anilines is 1. The largest absolute Gasteiger partial charge is 0.493 e. The summed E-state index contributed by atoms with van der Waals surface area (Å²) in [7, 11) is 0. The molecule has 1 amide bonds. The number of nitrogens with one attached hydrogen (secondary N) is 1. The number of hydrogen-bond donors (Lipinski definition) is 1. The van der Waals surface area contributed by atoms with Gasteiger partial charge in [-0.05, 0) is 43.5 Å². The molecule has 0 fully saturated rings. The Kier molecular flexibility index (Phi) is 6.67. The smallest absolute Gasteiger partial charge is 0.262 e. The number of carbonyl (C=O) groups is 1. The molecule has 0 unspecified atom stereocenters. The second kappa shape index (κ2) is 8.96. The Labute approximate surface area is 143 Å². The minimum Gasteiger partial charge on any atom is -0.493 e. The third-order valence-corrected chi connectivity index (χ3v) is 3.47. The zero-order chi connectivity index (χ0) is 17.4. The molecule has 0 saturated carbocycles. The number of ether oxygens (including phenoxy) is 2. The predicted octanol–water partition coefficient (Wildman–Crippen LogP) is 4.44. The third-order valence-electron chi connectivity index (χ3n) is 3.47. The van der Waals surface area contributed by atoms with Crippen LogP contribution in [0.3, 0.4) is 0 Å². The summed E-state index contributed by atoms with van der Waals surface area (Å²) in [6.07, 6.45) is 1.00. The maximum absolute atomic E-state index is 11.9. The molecule has 128 valence electrons. The van der Waals surface area contributed by atoms with Crippen molar-refractivity contribution in [3.8, 4) is 11.5 Å². The first-order chi connectivity index (χ1) is 11.5. The van der Waals surface area contributed by atoms with Crippen LogP contribution in [-0.4, -0.2) is 19.1 Å². The average Bonchev–Trinajstić information content (AvgIpc) is 2.55. The highest BCUT2D eigenvalue weighted by Crippen LogP contribution is 2.20. The molecule has 0 spiro atoms. The summed E-state index contributed by atoms with van der Waals surface area (Å²) >= 11 is 0. The van der Waals surface area contributed by atoms with Gasteiger partial charge in [-0.3, -0.25) is 4.79 Å². The average molecular weight is 327 g/mol. The molecule has 0 aliphatic rings. The number of rotatable bonds is 8. The topological polar surface area (TPSA) is 47.6 Å². The number of amides is 1. The van der Waals surface area contributed by atoms with Crippen LogP contribution >= 0.6 is 0 Å². The van der Waals surface area contributed by atoms with Gasteiger partial charge in [0.1, 0.15) is 11.5 Å². The first kappa shape index (κ1) is 17.9. The predicted molar refractivity (Wildman–Crippen MR) is 96.7 cm³/mol. The molecule has 0 saturated heterocycles. The van der Waals surface area contributed by atoms with Crippen LogP contribution in [0.4, 0.5) is 5.69 Å². The number of hydrogen-bond acceptors (Lipinski definition) is 3. The minimum atomic E-state index is -0.190. The van der Waals surface area contributed by atoms with Crippen molar-refractivity contribution in [3.05, 3.63) is 54.1 Å². The van der Waals surface area contributed by atoms with Crippen LogP contribution in [0.15, 0.2) is 48.5 Å². The fourth-order valence-corrected chi connectivity index (χ4v) is 2.05. The van der Waals surface area contributed by atoms with Gasteiger partial charge in [0.15, 0.2) is 6.61 Å². The number of aryl methyl sites for hydroxylation is 1. The van der Waals surface area contributed by atoms with Crippen molar-refractivity contribution in [2.45, 2.75) is 27.2 Å². The van der Waals surface area contributed by atoms with Gasteiger partial charge in [-0.15, -0.1) is 0 Å². The Morgan fingerprint density at radius 2 is 1.71 bits per heavy atom. The van der Waals surface area contributed by atoms with E-state index >= 15 is 0 Å². The Hall–Kier alpha value is -2.49. The van der Waals surface area contributed by atoms with E-state index in [4.69, 9.17) is 9.47 Å². The zero-order valence-electron chi connectivity index (χ0n) is 14.5. The van der Waals surface area contributed by atoms with Crippen LogP contribution in [0.1, 0.15) is 25.8 Å². The zero-order valence-corrected chi connectivity index (χ0v) is 14.5. The molecular weight excluding hydrogens is 302 g/mol. The van der Waals surface area contributed by atoms with Crippen molar-refractivity contribution in [1.29, 1.82) is 0 Å². The second-order valence-electron chi connectivity index (χ2n) is 6.21. The van der Waals surface area contributed by atoms with E-state index in [-0.39, 0.29) is 12.5 Å². The molecule has 0 heterocycles. The lowest BCUT2D eigenvalue weighted by Crippen LogP contribution is -2.20. The molecule has 0 atom stereocenters. The van der Waals surface area contributed by atoms with Crippen LogP contribution in [0.2, 0.25) is 0 Å². The molecule has 24 heavy (non-hydrogen) atoms. The summed E-state index contributed by atoms with van der Waals surface area (Å²) in [5.41, 5.74) is 1.92. The van der Waals surface area contributed by atoms with E-state index in [1.165, 1.54) is 0 Å². The highest BCUT2D eigenvalue weighted by atomic mass is 16.5. The van der Waals surface area contributed by atoms with E-state index in [0.717, 1.165) is 23.4 Å². The van der Waals surface area contributed by atoms with Gasteiger partial charge >= 0.3 is 0 Å². The van der Waals surface area contributed by atoms with Crippen LogP contribution in [-0.2, 0) is 4.79 Å². The lowest BCUT2D eigenvalue weighted by molar-refractivity contribution is -0.118. The number of carbonyl (C=O) groups excluding carboxylic acids is 1. The summed E-state index contributed by atoms with van der Waals surface area (Å²) in [5, 5.41) is 2.81. The summed E-state index contributed by atoms with van der Waals surface area (Å²) in [6.45, 7) is 6.97. The molecule has 4 heteroatoms. The van der Waals surface area contributed by atoms with Gasteiger partial charge in [0, 0.05) is 11.8 Å². The van der Waals surface area contributed by atoms with Gasteiger partial charge < -0.3 is 14.8 Å². The molecule has 0 aliphatic carbocycles. The molecule has 4 nitrogen and oxygen atoms in total. The van der Waals surface area contributed by atoms with Crippen LogP contribution in [0.25, 0.3) is 0 Å². The van der Waals surface area contributed by atoms with Crippen molar-refractivity contribution in [3.63, 3.8) is 0 Å². The van der Waals surface area contributed by atoms with Crippen LogP contribution in [0, 0.1) is 12.8 Å². The van der Waals surface area contributed by atoms with Crippen LogP contribution < -0.4 is 14.8 Å². The van der Waals surface area contributed by atoms with Gasteiger partial charge in [0.05, 0.1) is 6.61 Å². The van der Waals surface area contributed by atoms with Crippen molar-refractivity contribution in [2.24, 2.45) is 5.92 Å². The van der Waals surface area contributed by atoms with Crippen molar-refractivity contribution in [2.75, 3.05) is 18.5 Å². The van der Waals surface area contributed by atoms with Gasteiger partial charge in [0.2, 0.25) is 0 Å². The maximum Gasteiger partial charge on any atom is 0.262 e. The quantitative estimate of drug-likeness (QED) is 0.780. The number of benzene rings is 2. The lowest BCUT2D eigenvalue weighted by atomic mass is 10.1. The van der Waals surface area contributed by atoms with Crippen molar-refractivity contribution >= 4 is 11.6 Å². The Balaban J connectivity index is 1.80. The SMILES string of the molecule is Cc1ccc(NC(=O)COc2cccc(OCCC(C)C)c2)cc1. The van der Waals surface area contributed by atoms with Gasteiger partial charge in [-0.2, -0.15) is 0 Å². The van der Waals surface area contributed by atoms with Crippen LogP contribution in [0.5, 0.6) is 11.5 Å². The molecule has 0 aromatic heterocycles. The summed E-state index contributed by atoms with van der Waals surface area (Å²) in [4.78, 5) is 11.9. The van der Waals surface area contributed by atoms with E-state index in [1.807, 2.05) is 49.4 Å². The Bertz CT molecular complexity index is 650. The maximum atomic E-state index is 11.9. The summed E-state index contributed by atoms with van der Waals surface area (Å²) in [5.74, 6) is 1.79. The molecule has 0 aliphatic heterocycles. The van der Waals surface area contributed by atoms with E-state index in [0.29, 0.717) is 18.3 Å². The normalized spacial score (nSPS) is 10.5. The van der Waals surface area contributed by atoms with Gasteiger partial charge in [-0.1, -0.05) is 37.6 Å². The molecule has 2 rings (SSSR count). The fraction of sp³-hybridized carbons (Fsp3) is 0.350. The molecule has 1 N–H and O–H groups in total. The van der Waals surface area contributed by atoms with Crippen molar-refractivity contribution in [1.82, 2.24) is 0 Å². The van der Waals surface area contributed by atoms with E-state index < -0.39 is 0 Å². The van der Waals surface area contributed by atoms with Crippen molar-refractivity contribution < 1.29 is 14.3 Å². The lowest BCUT2D eigenvalue weighted by Gasteiger charge is -2.11. The van der Waals surface area contributed by atoms with E-state index in [2.05, 4.69) is 19.2 Å². The fourth-order valence-electron chi connectivity index (χ4n) is 2.05. The first-order valence-corrected chi connectivity index (χ1v) is 8.25. The standard InChI is InChI=1S/C20H25NO3/c1-15(2)11-12-23-18-5-4-6-19(13-18)24-14-20(22)21-17-9-7-16(3)8-10-17/h4-10,13,15H,11-12,14H2,1-3H3,(H,21,22). The van der Waals surface area contributed by atoms with E-state index in [9.17, 15) is 4.79 Å². The van der Waals surface area contributed by atoms with Gasteiger partial charge in [0.25, 0.3) is 5.91 Å². The molecule has 0 bridgehead atoms. The second-order valence-corrected chi connectivity index (χ2v) is 6.21. The summed E-state index contributed by atoms with van der Waals surface area (Å²) < 4.78 is 11.2. The summed E-state index contributed by atoms with van der Waals surface area (Å²) in [6, 6.07) is 15.0. The first-order valence-electron chi connectivity index (χ1n) is 8.25. The highest BCUT2D eigenvalue weighted by molar-refractivity contribution is 5.91. The van der Waals surface area contributed by atoms with E-state index in [1.54, 1.807) is 6.07 Å². The highest BCUT2D eigenvalue weighted by Gasteiger charge is 2.05. The monoisotopic (exact) mass is 327 g/mol. The van der Waals surface area contributed by atoms with Gasteiger partial charge in [-0.25, -0.2) is 0 Å². The Morgan fingerprint density at radius 1 is 1.04 bits per heavy atom. The third kappa shape index (κ3) is 6.32. The molecule has 0 radical (unpaired) electrons. The molecule has 2 aromatic rings. The molecular formula is C20H25NO3. The minimum absolute atomic E-state index is 0.0384. The molecule has 2 aromatic carbocycles.